The minimum Gasteiger partial charge on any atom is -0.503 e. The topological polar surface area (TPSA) is 97.6 Å². The smallest absolute Gasteiger partial charge is 0.257 e. The van der Waals surface area contributed by atoms with E-state index in [2.05, 4.69) is 5.32 Å². The van der Waals surface area contributed by atoms with Crippen LogP contribution in [0.25, 0.3) is 0 Å². The van der Waals surface area contributed by atoms with E-state index in [-0.39, 0.29) is 12.2 Å². The number of nitrogens with zero attached hydrogens (tertiary/aromatic N) is 1. The largest absolute Gasteiger partial charge is 0.503 e. The van der Waals surface area contributed by atoms with Gasteiger partial charge in [0.15, 0.2) is 11.5 Å². The number of pyridine rings is 1. The first-order valence-corrected chi connectivity index (χ1v) is 9.81. The standard InChI is InChI=1S/C21H19F3N2O5/c22-10-5-14(23)12(15(24)6-10)7-25-21(30)13-8-26-9-16-11(3-1-2-4-31-16)18(27)17(26)20(29)19(13)28/h5-6,8,11,16,29H,1-4,7,9H2,(H,25,30). The first-order chi connectivity index (χ1) is 14.8. The summed E-state index contributed by atoms with van der Waals surface area (Å²) in [5.41, 5.74) is -2.32. The van der Waals surface area contributed by atoms with Gasteiger partial charge in [0.05, 0.1) is 12.0 Å². The molecule has 0 aliphatic carbocycles. The molecular weight excluding hydrogens is 417 g/mol. The predicted molar refractivity (Wildman–Crippen MR) is 101 cm³/mol. The monoisotopic (exact) mass is 436 g/mol. The van der Waals surface area contributed by atoms with Crippen molar-refractivity contribution in [3.8, 4) is 5.75 Å². The summed E-state index contributed by atoms with van der Waals surface area (Å²) in [5, 5.41) is 12.6. The van der Waals surface area contributed by atoms with Gasteiger partial charge in [0.2, 0.25) is 5.43 Å². The van der Waals surface area contributed by atoms with E-state index in [1.165, 1.54) is 4.57 Å². The molecule has 2 N–H and O–H groups in total. The summed E-state index contributed by atoms with van der Waals surface area (Å²) < 4.78 is 47.6. The maximum atomic E-state index is 13.8. The second kappa shape index (κ2) is 8.18. The average Bonchev–Trinajstić information content (AvgIpc) is 2.95. The molecule has 31 heavy (non-hydrogen) atoms. The van der Waals surface area contributed by atoms with Gasteiger partial charge >= 0.3 is 0 Å². The number of carbonyl (C=O) groups excluding carboxylic acids is 2. The van der Waals surface area contributed by atoms with Gasteiger partial charge in [-0.2, -0.15) is 0 Å². The lowest BCUT2D eigenvalue weighted by molar-refractivity contribution is 0.00739. The Morgan fingerprint density at radius 1 is 1.19 bits per heavy atom. The number of ether oxygens (including phenoxy) is 1. The van der Waals surface area contributed by atoms with Crippen LogP contribution < -0.4 is 10.7 Å². The van der Waals surface area contributed by atoms with Crippen LogP contribution in [0.15, 0.2) is 23.1 Å². The van der Waals surface area contributed by atoms with Crippen molar-refractivity contribution in [2.24, 2.45) is 5.92 Å². The Morgan fingerprint density at radius 2 is 1.90 bits per heavy atom. The SMILES string of the molecule is O=C(NCc1c(F)cc(F)cc1F)c1cn2c(c(O)c1=O)C(=O)C1CCCCOC1C2. The van der Waals surface area contributed by atoms with Gasteiger partial charge in [-0.3, -0.25) is 14.4 Å². The van der Waals surface area contributed by atoms with E-state index in [4.69, 9.17) is 4.74 Å². The van der Waals surface area contributed by atoms with Gasteiger partial charge in [-0.15, -0.1) is 0 Å². The number of rotatable bonds is 3. The molecule has 2 aromatic rings. The van der Waals surface area contributed by atoms with Gasteiger partial charge in [0, 0.05) is 43.6 Å². The zero-order valence-corrected chi connectivity index (χ0v) is 16.3. The maximum Gasteiger partial charge on any atom is 0.257 e. The van der Waals surface area contributed by atoms with E-state index in [1.807, 2.05) is 0 Å². The Balaban J connectivity index is 1.63. The minimum absolute atomic E-state index is 0.168. The van der Waals surface area contributed by atoms with Crippen molar-refractivity contribution >= 4 is 11.7 Å². The molecule has 4 rings (SSSR count). The van der Waals surface area contributed by atoms with Gasteiger partial charge < -0.3 is 19.7 Å². The predicted octanol–water partition coefficient (Wildman–Crippen LogP) is 2.28. The summed E-state index contributed by atoms with van der Waals surface area (Å²) in [7, 11) is 0. The molecule has 164 valence electrons. The maximum absolute atomic E-state index is 13.8. The van der Waals surface area contributed by atoms with Crippen LogP contribution >= 0.6 is 0 Å². The first kappa shape index (κ1) is 21.1. The van der Waals surface area contributed by atoms with Crippen molar-refractivity contribution in [1.29, 1.82) is 0 Å². The van der Waals surface area contributed by atoms with E-state index in [0.29, 0.717) is 25.2 Å². The summed E-state index contributed by atoms with van der Waals surface area (Å²) >= 11 is 0. The normalized spacial score (nSPS) is 20.5. The Bertz CT molecular complexity index is 1110. The van der Waals surface area contributed by atoms with Gasteiger partial charge in [0.1, 0.15) is 28.7 Å². The number of fused-ring (bicyclic) bond motifs is 2. The Kier molecular flexibility index (Phi) is 5.57. The summed E-state index contributed by atoms with van der Waals surface area (Å²) in [6.07, 6.45) is 2.85. The highest BCUT2D eigenvalue weighted by Gasteiger charge is 2.39. The number of hydrogen-bond donors (Lipinski definition) is 2. The molecule has 2 aliphatic heterocycles. The third kappa shape index (κ3) is 3.83. The molecule has 0 spiro atoms. The van der Waals surface area contributed by atoms with Gasteiger partial charge in [-0.1, -0.05) is 6.42 Å². The molecule has 7 nitrogen and oxygen atoms in total. The third-order valence-electron chi connectivity index (χ3n) is 5.67. The second-order valence-electron chi connectivity index (χ2n) is 7.63. The zero-order chi connectivity index (χ0) is 22.3. The number of benzene rings is 1. The number of aromatic nitrogens is 1. The molecule has 1 aromatic heterocycles. The number of halogens is 3. The van der Waals surface area contributed by atoms with Crippen LogP contribution in [-0.2, 0) is 17.8 Å². The number of aromatic hydroxyl groups is 1. The van der Waals surface area contributed by atoms with Crippen LogP contribution in [-0.4, -0.2) is 34.1 Å². The molecule has 2 aliphatic rings. The van der Waals surface area contributed by atoms with Crippen molar-refractivity contribution in [1.82, 2.24) is 9.88 Å². The highest BCUT2D eigenvalue weighted by Crippen LogP contribution is 2.32. The molecule has 3 heterocycles. The molecule has 0 saturated carbocycles. The number of carbonyl (C=O) groups is 2. The highest BCUT2D eigenvalue weighted by atomic mass is 19.1. The molecule has 1 amide bonds. The molecule has 10 heteroatoms. The van der Waals surface area contributed by atoms with Crippen molar-refractivity contribution < 1.29 is 32.6 Å². The number of nitrogens with one attached hydrogen (secondary N) is 1. The fourth-order valence-corrected chi connectivity index (χ4v) is 4.07. The van der Waals surface area contributed by atoms with Crippen LogP contribution in [0.2, 0.25) is 0 Å². The summed E-state index contributed by atoms with van der Waals surface area (Å²) in [6, 6.07) is 0.942. The van der Waals surface area contributed by atoms with Gasteiger partial charge in [-0.05, 0) is 12.8 Å². The lowest BCUT2D eigenvalue weighted by Crippen LogP contribution is -2.42. The summed E-state index contributed by atoms with van der Waals surface area (Å²) in [6.45, 7) is 0.00462. The van der Waals surface area contributed by atoms with Crippen LogP contribution in [0.5, 0.6) is 5.75 Å². The molecule has 1 aromatic carbocycles. The molecule has 2 atom stereocenters. The van der Waals surface area contributed by atoms with Gasteiger partial charge in [0.25, 0.3) is 5.91 Å². The molecule has 0 radical (unpaired) electrons. The van der Waals surface area contributed by atoms with E-state index in [9.17, 15) is 32.7 Å². The number of ketones is 1. The fourth-order valence-electron chi connectivity index (χ4n) is 4.07. The Labute approximate surface area is 174 Å². The second-order valence-corrected chi connectivity index (χ2v) is 7.63. The van der Waals surface area contributed by atoms with Crippen molar-refractivity contribution in [2.75, 3.05) is 6.61 Å². The molecule has 1 saturated heterocycles. The van der Waals surface area contributed by atoms with Crippen LogP contribution in [0.4, 0.5) is 13.2 Å². The zero-order valence-electron chi connectivity index (χ0n) is 16.3. The third-order valence-corrected chi connectivity index (χ3v) is 5.67. The molecule has 0 bridgehead atoms. The molecule has 2 unspecified atom stereocenters. The molecular formula is C21H19F3N2O5. The summed E-state index contributed by atoms with van der Waals surface area (Å²) in [4.78, 5) is 37.9. The number of amides is 1. The fraction of sp³-hybridized carbons (Fsp3) is 0.381. The Hall–Kier alpha value is -3.14. The van der Waals surface area contributed by atoms with E-state index in [1.54, 1.807) is 0 Å². The lowest BCUT2D eigenvalue weighted by atomic mass is 9.86. The minimum atomic E-state index is -1.19. The number of Topliss-reactive ketones (excluding diaryl/α,β-unsaturated/α-hetero) is 1. The van der Waals surface area contributed by atoms with Gasteiger partial charge in [-0.25, -0.2) is 13.2 Å². The van der Waals surface area contributed by atoms with E-state index < -0.39 is 70.0 Å². The van der Waals surface area contributed by atoms with Crippen LogP contribution in [0.1, 0.15) is 45.7 Å². The quantitative estimate of drug-likeness (QED) is 0.770. The highest BCUT2D eigenvalue weighted by molar-refractivity contribution is 6.01. The Morgan fingerprint density at radius 3 is 2.61 bits per heavy atom. The van der Waals surface area contributed by atoms with Crippen LogP contribution in [0.3, 0.4) is 0 Å². The van der Waals surface area contributed by atoms with Crippen molar-refractivity contribution in [2.45, 2.75) is 38.5 Å². The van der Waals surface area contributed by atoms with Crippen molar-refractivity contribution in [3.05, 3.63) is 62.8 Å². The van der Waals surface area contributed by atoms with E-state index in [0.717, 1.165) is 19.0 Å². The number of hydrogen-bond acceptors (Lipinski definition) is 5. The van der Waals surface area contributed by atoms with Crippen molar-refractivity contribution in [3.63, 3.8) is 0 Å². The molecule has 1 fully saturated rings. The lowest BCUT2D eigenvalue weighted by Gasteiger charge is -2.32. The first-order valence-electron chi connectivity index (χ1n) is 9.81. The average molecular weight is 436 g/mol. The van der Waals surface area contributed by atoms with Crippen LogP contribution in [0, 0.1) is 23.4 Å². The van der Waals surface area contributed by atoms with E-state index >= 15 is 0 Å². The summed E-state index contributed by atoms with van der Waals surface area (Å²) in [5.74, 6) is -6.23.